The molecule has 2 heterocycles. The van der Waals surface area contributed by atoms with Crippen LogP contribution in [0.15, 0.2) is 24.3 Å². The molecule has 2 amide bonds. The molecule has 154 valence electrons. The molecule has 8 heteroatoms. The number of piperidine rings is 1. The fraction of sp³-hybridized carbons (Fsp3) is 0.524. The monoisotopic (exact) mass is 416 g/mol. The number of rotatable bonds is 5. The molecule has 0 spiro atoms. The van der Waals surface area contributed by atoms with Gasteiger partial charge in [-0.1, -0.05) is 24.2 Å². The van der Waals surface area contributed by atoms with Crippen LogP contribution in [0.3, 0.4) is 0 Å². The Morgan fingerprint density at radius 1 is 1.10 bits per heavy atom. The van der Waals surface area contributed by atoms with Crippen molar-refractivity contribution in [2.24, 2.45) is 5.92 Å². The van der Waals surface area contributed by atoms with Gasteiger partial charge in [-0.25, -0.2) is 4.39 Å². The summed E-state index contributed by atoms with van der Waals surface area (Å²) in [7, 11) is 0. The van der Waals surface area contributed by atoms with Crippen LogP contribution >= 0.6 is 11.3 Å². The predicted molar refractivity (Wildman–Crippen MR) is 109 cm³/mol. The molecular formula is C21H25FN4O2S. The van der Waals surface area contributed by atoms with Gasteiger partial charge in [0.25, 0.3) is 5.91 Å². The van der Waals surface area contributed by atoms with Gasteiger partial charge in [0.05, 0.1) is 0 Å². The Morgan fingerprint density at radius 2 is 1.86 bits per heavy atom. The normalized spacial score (nSPS) is 20.0. The van der Waals surface area contributed by atoms with Gasteiger partial charge >= 0.3 is 0 Å². The van der Waals surface area contributed by atoms with Crippen molar-refractivity contribution in [1.82, 2.24) is 15.1 Å². The van der Waals surface area contributed by atoms with E-state index in [1.165, 1.54) is 61.3 Å². The average Bonchev–Trinajstić information content (AvgIpc) is 3.42. The van der Waals surface area contributed by atoms with Gasteiger partial charge in [-0.2, -0.15) is 0 Å². The van der Waals surface area contributed by atoms with Crippen molar-refractivity contribution in [2.45, 2.75) is 50.9 Å². The highest BCUT2D eigenvalue weighted by Crippen LogP contribution is 2.32. The summed E-state index contributed by atoms with van der Waals surface area (Å²) < 4.78 is 13.0. The second kappa shape index (κ2) is 8.98. The van der Waals surface area contributed by atoms with Gasteiger partial charge in [0, 0.05) is 31.1 Å². The van der Waals surface area contributed by atoms with Crippen molar-refractivity contribution in [2.75, 3.05) is 18.4 Å². The zero-order valence-corrected chi connectivity index (χ0v) is 17.1. The van der Waals surface area contributed by atoms with Gasteiger partial charge in [0.15, 0.2) is 0 Å². The van der Waals surface area contributed by atoms with Gasteiger partial charge < -0.3 is 10.2 Å². The van der Waals surface area contributed by atoms with Crippen LogP contribution in [-0.2, 0) is 4.79 Å². The fourth-order valence-corrected chi connectivity index (χ4v) is 5.07. The first-order chi connectivity index (χ1) is 14.1. The number of aromatic nitrogens is 2. The van der Waals surface area contributed by atoms with E-state index in [0.29, 0.717) is 24.6 Å². The predicted octanol–water partition coefficient (Wildman–Crippen LogP) is 4.22. The van der Waals surface area contributed by atoms with E-state index in [2.05, 4.69) is 15.5 Å². The van der Waals surface area contributed by atoms with Gasteiger partial charge in [0.1, 0.15) is 10.8 Å². The molecule has 0 unspecified atom stereocenters. The number of benzene rings is 1. The van der Waals surface area contributed by atoms with E-state index in [1.807, 2.05) is 4.90 Å². The van der Waals surface area contributed by atoms with Crippen LogP contribution in [0.2, 0.25) is 0 Å². The quantitative estimate of drug-likeness (QED) is 0.792. The molecule has 1 saturated carbocycles. The smallest absolute Gasteiger partial charge is 0.286 e. The fourth-order valence-electron chi connectivity index (χ4n) is 4.20. The molecule has 1 aliphatic heterocycles. The molecular weight excluding hydrogens is 391 g/mol. The van der Waals surface area contributed by atoms with E-state index in [0.717, 1.165) is 24.4 Å². The average molecular weight is 417 g/mol. The lowest BCUT2D eigenvalue weighted by Crippen LogP contribution is -2.39. The molecule has 1 aromatic heterocycles. The molecule has 0 bridgehead atoms. The van der Waals surface area contributed by atoms with Gasteiger partial charge in [-0.15, -0.1) is 10.2 Å². The summed E-state index contributed by atoms with van der Waals surface area (Å²) in [6, 6.07) is 5.59. The Kier molecular flexibility index (Phi) is 6.18. The number of carbonyl (C=O) groups is 2. The van der Waals surface area contributed by atoms with E-state index >= 15 is 0 Å². The van der Waals surface area contributed by atoms with Crippen LogP contribution in [0.25, 0.3) is 0 Å². The Balaban J connectivity index is 1.36. The summed E-state index contributed by atoms with van der Waals surface area (Å²) in [6.07, 6.45) is 7.38. The molecule has 29 heavy (non-hydrogen) atoms. The highest BCUT2D eigenvalue weighted by Gasteiger charge is 2.29. The summed E-state index contributed by atoms with van der Waals surface area (Å²) in [6.45, 7) is 1.46. The van der Waals surface area contributed by atoms with E-state index in [9.17, 15) is 14.0 Å². The highest BCUT2D eigenvalue weighted by atomic mass is 32.1. The second-order valence-electron chi connectivity index (χ2n) is 7.94. The molecule has 1 N–H and O–H groups in total. The first-order valence-corrected chi connectivity index (χ1v) is 11.1. The summed E-state index contributed by atoms with van der Waals surface area (Å²) in [4.78, 5) is 27.0. The third-order valence-electron chi connectivity index (χ3n) is 5.80. The number of hydrogen-bond acceptors (Lipinski definition) is 5. The molecule has 2 aromatic rings. The molecule has 2 aliphatic rings. The summed E-state index contributed by atoms with van der Waals surface area (Å²) in [5.41, 5.74) is 0.509. The van der Waals surface area contributed by atoms with Crippen molar-refractivity contribution in [3.63, 3.8) is 0 Å². The summed E-state index contributed by atoms with van der Waals surface area (Å²) in [5.74, 6) is 0.212. The molecule has 1 aliphatic carbocycles. The van der Waals surface area contributed by atoms with Crippen LogP contribution in [0.5, 0.6) is 0 Å². The van der Waals surface area contributed by atoms with Gasteiger partial charge in [-0.05, 0) is 55.9 Å². The van der Waals surface area contributed by atoms with Crippen molar-refractivity contribution in [1.29, 1.82) is 0 Å². The van der Waals surface area contributed by atoms with Crippen LogP contribution in [0, 0.1) is 11.7 Å². The minimum Gasteiger partial charge on any atom is -0.342 e. The molecule has 1 atom stereocenters. The molecule has 2 fully saturated rings. The molecule has 6 nitrogen and oxygen atoms in total. The first-order valence-electron chi connectivity index (χ1n) is 10.3. The molecule has 1 saturated heterocycles. The lowest BCUT2D eigenvalue weighted by Gasteiger charge is -2.32. The van der Waals surface area contributed by atoms with E-state index in [1.54, 1.807) is 0 Å². The topological polar surface area (TPSA) is 75.2 Å². The van der Waals surface area contributed by atoms with E-state index < -0.39 is 0 Å². The van der Waals surface area contributed by atoms with Crippen molar-refractivity contribution >= 4 is 28.8 Å². The third kappa shape index (κ3) is 4.98. The molecule has 1 aromatic carbocycles. The number of hydrogen-bond donors (Lipinski definition) is 1. The standard InChI is InChI=1S/C21H25FN4O2S/c22-16-7-9-17(10-8-16)23-19(28)21-25-24-20(29-21)15-6-3-11-26(13-15)18(27)12-14-4-1-2-5-14/h7-10,14-15H,1-6,11-13H2,(H,23,28)/t15-/m0/s1. The van der Waals surface area contributed by atoms with Crippen LogP contribution in [0.1, 0.15) is 65.7 Å². The number of likely N-dealkylation sites (tertiary alicyclic amines) is 1. The largest absolute Gasteiger partial charge is 0.342 e. The Hall–Kier alpha value is -2.35. The first kappa shape index (κ1) is 19.9. The second-order valence-corrected chi connectivity index (χ2v) is 8.95. The minimum absolute atomic E-state index is 0.126. The molecule has 4 rings (SSSR count). The number of amides is 2. The lowest BCUT2D eigenvalue weighted by molar-refractivity contribution is -0.133. The van der Waals surface area contributed by atoms with Crippen LogP contribution in [-0.4, -0.2) is 40.0 Å². The van der Waals surface area contributed by atoms with Gasteiger partial charge in [-0.3, -0.25) is 9.59 Å². The summed E-state index contributed by atoms with van der Waals surface area (Å²) >= 11 is 1.27. The Bertz CT molecular complexity index is 864. The van der Waals surface area contributed by atoms with E-state index in [4.69, 9.17) is 0 Å². The minimum atomic E-state index is -0.356. The van der Waals surface area contributed by atoms with Crippen molar-refractivity contribution in [3.8, 4) is 0 Å². The number of anilines is 1. The zero-order chi connectivity index (χ0) is 20.2. The van der Waals surface area contributed by atoms with Crippen molar-refractivity contribution in [3.05, 3.63) is 40.1 Å². The molecule has 0 radical (unpaired) electrons. The summed E-state index contributed by atoms with van der Waals surface area (Å²) in [5, 5.41) is 12.0. The Labute approximate surface area is 173 Å². The maximum Gasteiger partial charge on any atom is 0.286 e. The number of carbonyl (C=O) groups excluding carboxylic acids is 2. The SMILES string of the molecule is O=C(Nc1ccc(F)cc1)c1nnc([C@H]2CCCN(C(=O)CC3CCCC3)C2)s1. The van der Waals surface area contributed by atoms with Crippen molar-refractivity contribution < 1.29 is 14.0 Å². The maximum absolute atomic E-state index is 13.0. The number of nitrogens with zero attached hydrogens (tertiary/aromatic N) is 3. The maximum atomic E-state index is 13.0. The van der Waals surface area contributed by atoms with E-state index in [-0.39, 0.29) is 28.6 Å². The zero-order valence-electron chi connectivity index (χ0n) is 16.3. The highest BCUT2D eigenvalue weighted by molar-refractivity contribution is 7.13. The van der Waals surface area contributed by atoms with Crippen LogP contribution < -0.4 is 5.32 Å². The Morgan fingerprint density at radius 3 is 2.62 bits per heavy atom. The van der Waals surface area contributed by atoms with Crippen LogP contribution in [0.4, 0.5) is 10.1 Å². The third-order valence-corrected chi connectivity index (χ3v) is 6.88. The lowest BCUT2D eigenvalue weighted by atomic mass is 9.97. The van der Waals surface area contributed by atoms with Gasteiger partial charge in [0.2, 0.25) is 10.9 Å². The number of halogens is 1. The number of nitrogens with one attached hydrogen (secondary N) is 1.